The van der Waals surface area contributed by atoms with Crippen LogP contribution in [0.3, 0.4) is 0 Å². The summed E-state index contributed by atoms with van der Waals surface area (Å²) in [6.45, 7) is 9.29. The van der Waals surface area contributed by atoms with Crippen molar-refractivity contribution in [1.29, 1.82) is 0 Å². The minimum Gasteiger partial charge on any atom is -0.550 e. The molecular weight excluding hydrogens is 336 g/mol. The monoisotopic (exact) mass is 354 g/mol. The van der Waals surface area contributed by atoms with Crippen molar-refractivity contribution < 1.29 is 38.9 Å². The Morgan fingerprint density at radius 3 is 1.22 bits per heavy atom. The Kier molecular flexibility index (Phi) is 17.9. The minimum absolute atomic E-state index is 0. The van der Waals surface area contributed by atoms with Gasteiger partial charge in [-0.15, -0.1) is 0 Å². The topological polar surface area (TPSA) is 133 Å². The Morgan fingerprint density at radius 2 is 1.04 bits per heavy atom. The summed E-state index contributed by atoms with van der Waals surface area (Å²) >= 11 is 0. The smallest absolute Gasteiger partial charge is 0.550 e. The number of carboxylic acid groups (broad SMARTS) is 2. The Bertz CT molecular complexity index is 414. The van der Waals surface area contributed by atoms with E-state index < -0.39 is 23.9 Å². The first-order valence-corrected chi connectivity index (χ1v) is 6.12. The molecular formula is C14H18CaO8. The zero-order chi connectivity index (χ0) is 17.7. The van der Waals surface area contributed by atoms with Crippen LogP contribution in [-0.4, -0.2) is 74.8 Å². The van der Waals surface area contributed by atoms with Gasteiger partial charge in [-0.3, -0.25) is 0 Å². The zero-order valence-electron chi connectivity index (χ0n) is 13.2. The number of esters is 2. The Hall–Kier alpha value is -1.38. The number of carboxylic acids is 2. The molecule has 0 aliphatic carbocycles. The summed E-state index contributed by atoms with van der Waals surface area (Å²) in [5.74, 6) is -3.63. The average molecular weight is 354 g/mol. The number of carbonyl (C=O) groups excluding carboxylic acids is 4. The van der Waals surface area contributed by atoms with Crippen molar-refractivity contribution in [1.82, 2.24) is 0 Å². The summed E-state index contributed by atoms with van der Waals surface area (Å²) < 4.78 is 8.91. The normalized spacial score (nSPS) is 8.43. The van der Waals surface area contributed by atoms with Gasteiger partial charge in [0, 0.05) is 35.9 Å². The van der Waals surface area contributed by atoms with E-state index in [9.17, 15) is 29.4 Å². The number of hydrogen-bond donors (Lipinski definition) is 0. The van der Waals surface area contributed by atoms with Crippen LogP contribution in [0.2, 0.25) is 0 Å². The van der Waals surface area contributed by atoms with Gasteiger partial charge in [-0.2, -0.15) is 0 Å². The molecule has 0 aromatic heterocycles. The first-order valence-electron chi connectivity index (χ1n) is 6.12. The fourth-order valence-electron chi connectivity index (χ4n) is 0.701. The van der Waals surface area contributed by atoms with E-state index in [0.717, 1.165) is 0 Å². The fourth-order valence-corrected chi connectivity index (χ4v) is 0.701. The third-order valence-corrected chi connectivity index (χ3v) is 1.78. The van der Waals surface area contributed by atoms with Crippen molar-refractivity contribution in [3.05, 3.63) is 24.3 Å². The van der Waals surface area contributed by atoms with E-state index in [1.54, 1.807) is 0 Å². The predicted molar refractivity (Wildman–Crippen MR) is 76.5 cm³/mol. The molecule has 9 heteroatoms. The molecule has 0 aliphatic rings. The van der Waals surface area contributed by atoms with Gasteiger partial charge in [-0.25, -0.2) is 9.59 Å². The van der Waals surface area contributed by atoms with Crippen molar-refractivity contribution in [3.8, 4) is 0 Å². The second-order valence-electron chi connectivity index (χ2n) is 4.08. The van der Waals surface area contributed by atoms with Crippen LogP contribution in [0.4, 0.5) is 0 Å². The molecule has 124 valence electrons. The molecule has 0 aromatic carbocycles. The largest absolute Gasteiger partial charge is 2.00 e. The maximum absolute atomic E-state index is 10.6. The molecule has 0 fully saturated rings. The van der Waals surface area contributed by atoms with Gasteiger partial charge in [-0.1, -0.05) is 13.2 Å². The second kappa shape index (κ2) is 15.5. The number of rotatable bonds is 8. The maximum Gasteiger partial charge on any atom is 2.00 e. The van der Waals surface area contributed by atoms with E-state index in [1.807, 2.05) is 0 Å². The minimum atomic E-state index is -1.24. The summed E-state index contributed by atoms with van der Waals surface area (Å²) in [4.78, 5) is 40.8. The summed E-state index contributed by atoms with van der Waals surface area (Å²) in [5.41, 5.74) is 0.506. The van der Waals surface area contributed by atoms with Gasteiger partial charge in [0.25, 0.3) is 0 Å². The Balaban J connectivity index is -0.000000333. The molecule has 0 spiro atoms. The Morgan fingerprint density at radius 1 is 0.783 bits per heavy atom. The number of hydrogen-bond acceptors (Lipinski definition) is 8. The van der Waals surface area contributed by atoms with Crippen LogP contribution in [0.25, 0.3) is 0 Å². The molecule has 0 heterocycles. The van der Waals surface area contributed by atoms with Crippen molar-refractivity contribution >= 4 is 61.6 Å². The molecule has 0 amide bonds. The summed E-state index contributed by atoms with van der Waals surface area (Å²) in [5, 5.41) is 19.7. The van der Waals surface area contributed by atoms with Crippen molar-refractivity contribution in [2.24, 2.45) is 0 Å². The van der Waals surface area contributed by atoms with Gasteiger partial charge in [0.05, 0.1) is 13.2 Å². The average Bonchev–Trinajstić information content (AvgIpc) is 2.38. The van der Waals surface area contributed by atoms with Gasteiger partial charge in [0.2, 0.25) is 0 Å². The number of aliphatic carboxylic acids is 2. The van der Waals surface area contributed by atoms with Gasteiger partial charge in [0.1, 0.15) is 0 Å². The number of ether oxygens (including phenoxy) is 2. The molecule has 0 unspecified atom stereocenters. The van der Waals surface area contributed by atoms with Gasteiger partial charge in [-0.05, 0) is 13.8 Å². The second-order valence-corrected chi connectivity index (χ2v) is 4.08. The molecule has 0 rings (SSSR count). The molecule has 0 atom stereocenters. The summed E-state index contributed by atoms with van der Waals surface area (Å²) in [7, 11) is 0. The number of carbonyl (C=O) groups is 4. The van der Waals surface area contributed by atoms with Crippen LogP contribution in [0.1, 0.15) is 26.7 Å². The molecule has 23 heavy (non-hydrogen) atoms. The fraction of sp³-hybridized carbons (Fsp3) is 0.429. The Labute approximate surface area is 164 Å². The van der Waals surface area contributed by atoms with Crippen LogP contribution in [0, 0.1) is 0 Å². The van der Waals surface area contributed by atoms with Crippen LogP contribution >= 0.6 is 0 Å². The van der Waals surface area contributed by atoms with E-state index in [4.69, 9.17) is 0 Å². The van der Waals surface area contributed by atoms with Crippen molar-refractivity contribution in [2.75, 3.05) is 13.2 Å². The first-order chi connectivity index (χ1) is 10.1. The third-order valence-electron chi connectivity index (χ3n) is 1.78. The van der Waals surface area contributed by atoms with Crippen molar-refractivity contribution in [3.63, 3.8) is 0 Å². The SMILES string of the molecule is C=C(C)C(=O)OCCC(=O)[O-].C=C(C)C(=O)OCCC(=O)[O-].[Ca+2]. The van der Waals surface area contributed by atoms with Gasteiger partial charge >= 0.3 is 49.7 Å². The maximum atomic E-state index is 10.6. The predicted octanol–water partition coefficient (Wildman–Crippen LogP) is -1.89. The van der Waals surface area contributed by atoms with E-state index in [-0.39, 0.29) is 74.9 Å². The van der Waals surface area contributed by atoms with Crippen LogP contribution in [0.15, 0.2) is 24.3 Å². The molecule has 0 radical (unpaired) electrons. The van der Waals surface area contributed by atoms with E-state index in [2.05, 4.69) is 22.6 Å². The zero-order valence-corrected chi connectivity index (χ0v) is 15.4. The van der Waals surface area contributed by atoms with E-state index in [1.165, 1.54) is 13.8 Å². The molecule has 0 saturated heterocycles. The molecule has 0 saturated carbocycles. The van der Waals surface area contributed by atoms with Gasteiger partial charge < -0.3 is 29.3 Å². The van der Waals surface area contributed by atoms with Crippen LogP contribution < -0.4 is 10.2 Å². The summed E-state index contributed by atoms with van der Waals surface area (Å²) in [6, 6.07) is 0. The van der Waals surface area contributed by atoms with Crippen LogP contribution in [0.5, 0.6) is 0 Å². The molecule has 0 aromatic rings. The third kappa shape index (κ3) is 20.6. The quantitative estimate of drug-likeness (QED) is 0.281. The van der Waals surface area contributed by atoms with Crippen LogP contribution in [-0.2, 0) is 28.7 Å². The standard InChI is InChI=1S/2C7H10O4.Ca/c2*1-5(2)7(10)11-4-3-6(8)9;/h2*1,3-4H2,2H3,(H,8,9);/q;;+2/p-2. The molecule has 0 bridgehead atoms. The molecule has 0 aliphatic heterocycles. The first kappa shape index (κ1) is 26.5. The van der Waals surface area contributed by atoms with Gasteiger partial charge in [0.15, 0.2) is 0 Å². The van der Waals surface area contributed by atoms with Crippen molar-refractivity contribution in [2.45, 2.75) is 26.7 Å². The molecule has 0 N–H and O–H groups in total. The van der Waals surface area contributed by atoms with E-state index in [0.29, 0.717) is 0 Å². The summed E-state index contributed by atoms with van der Waals surface area (Å²) in [6.07, 6.45) is -0.558. The van der Waals surface area contributed by atoms with E-state index >= 15 is 0 Å². The molecule has 8 nitrogen and oxygen atoms in total.